The number of methoxy groups -OCH3 is 2. The Bertz CT molecular complexity index is 858. The molecular formula is C25H34N2O5. The molecule has 7 heteroatoms. The highest BCUT2D eigenvalue weighted by Crippen LogP contribution is 2.39. The molecule has 1 fully saturated rings. The van der Waals surface area contributed by atoms with E-state index in [-0.39, 0.29) is 11.4 Å². The van der Waals surface area contributed by atoms with E-state index in [0.717, 1.165) is 38.3 Å². The number of hydrogen-bond acceptors (Lipinski definition) is 6. The van der Waals surface area contributed by atoms with Crippen molar-refractivity contribution in [1.29, 1.82) is 0 Å². The topological polar surface area (TPSA) is 69.3 Å². The maximum absolute atomic E-state index is 13.0. The molecule has 0 spiro atoms. The van der Waals surface area contributed by atoms with Gasteiger partial charge < -0.3 is 24.3 Å². The summed E-state index contributed by atoms with van der Waals surface area (Å²) in [5.41, 5.74) is 1.36. The van der Waals surface area contributed by atoms with Crippen molar-refractivity contribution in [1.82, 2.24) is 10.2 Å². The van der Waals surface area contributed by atoms with E-state index in [1.165, 1.54) is 0 Å². The van der Waals surface area contributed by atoms with Gasteiger partial charge in [-0.3, -0.25) is 9.69 Å². The third kappa shape index (κ3) is 5.72. The van der Waals surface area contributed by atoms with Crippen molar-refractivity contribution in [2.45, 2.75) is 32.4 Å². The number of carbonyl (C=O) groups is 1. The first-order chi connectivity index (χ1) is 15.5. The van der Waals surface area contributed by atoms with E-state index in [9.17, 15) is 4.79 Å². The number of rotatable bonds is 10. The van der Waals surface area contributed by atoms with Crippen LogP contribution in [0.25, 0.3) is 0 Å². The lowest BCUT2D eigenvalue weighted by Gasteiger charge is -2.43. The molecule has 3 rings (SSSR count). The van der Waals surface area contributed by atoms with Gasteiger partial charge in [0.25, 0.3) is 5.91 Å². The van der Waals surface area contributed by atoms with Crippen molar-refractivity contribution in [3.63, 3.8) is 0 Å². The molecule has 0 saturated carbocycles. The van der Waals surface area contributed by atoms with Gasteiger partial charge in [0, 0.05) is 30.7 Å². The average molecular weight is 443 g/mol. The number of benzene rings is 2. The first-order valence-electron chi connectivity index (χ1n) is 11.0. The molecule has 0 radical (unpaired) electrons. The van der Waals surface area contributed by atoms with Gasteiger partial charge in [0.05, 0.1) is 27.4 Å². The standard InChI is InChI=1S/C25H34N2O5/c1-5-25(2,27-11-13-31-14-12-27)18-26-24(28)20-15-21(29-3)23(22(16-20)30-4)32-17-19-9-7-6-8-10-19/h6-10,15-16H,5,11-14,17-18H2,1-4H3,(H,26,28)/t25-/m0/s1. The number of morpholine rings is 1. The molecule has 1 atom stereocenters. The summed E-state index contributed by atoms with van der Waals surface area (Å²) in [6.07, 6.45) is 0.923. The highest BCUT2D eigenvalue weighted by molar-refractivity contribution is 5.95. The second-order valence-corrected chi connectivity index (χ2v) is 8.12. The van der Waals surface area contributed by atoms with Gasteiger partial charge >= 0.3 is 0 Å². The van der Waals surface area contributed by atoms with E-state index in [1.807, 2.05) is 30.3 Å². The predicted octanol–water partition coefficient (Wildman–Crippen LogP) is 3.51. The minimum atomic E-state index is -0.177. The largest absolute Gasteiger partial charge is 0.493 e. The summed E-state index contributed by atoms with van der Waals surface area (Å²) in [5.74, 6) is 1.21. The molecule has 7 nitrogen and oxygen atoms in total. The molecule has 1 amide bonds. The van der Waals surface area contributed by atoms with Crippen molar-refractivity contribution in [3.8, 4) is 17.2 Å². The van der Waals surface area contributed by atoms with Gasteiger partial charge in [0.2, 0.25) is 5.75 Å². The van der Waals surface area contributed by atoms with Crippen LogP contribution in [0.15, 0.2) is 42.5 Å². The quantitative estimate of drug-likeness (QED) is 0.607. The summed E-state index contributed by atoms with van der Waals surface area (Å²) in [7, 11) is 3.11. The minimum Gasteiger partial charge on any atom is -0.493 e. The molecular weight excluding hydrogens is 408 g/mol. The number of hydrogen-bond donors (Lipinski definition) is 1. The van der Waals surface area contributed by atoms with Crippen LogP contribution in [0.3, 0.4) is 0 Å². The zero-order chi connectivity index (χ0) is 23.0. The van der Waals surface area contributed by atoms with Gasteiger partial charge in [0.1, 0.15) is 6.61 Å². The normalized spacial score (nSPS) is 16.1. The number of carbonyl (C=O) groups excluding carboxylic acids is 1. The maximum atomic E-state index is 13.0. The summed E-state index contributed by atoms with van der Waals surface area (Å²) >= 11 is 0. The Morgan fingerprint density at radius 2 is 1.72 bits per heavy atom. The van der Waals surface area contributed by atoms with Crippen LogP contribution in [0.2, 0.25) is 0 Å². The molecule has 1 aliphatic rings. The first-order valence-corrected chi connectivity index (χ1v) is 11.0. The number of ether oxygens (including phenoxy) is 4. The van der Waals surface area contributed by atoms with Gasteiger partial charge in [-0.2, -0.15) is 0 Å². The Kier molecular flexibility index (Phi) is 8.36. The Hall–Kier alpha value is -2.77. The SMILES string of the molecule is CC[C@@](C)(CNC(=O)c1cc(OC)c(OCc2ccccc2)c(OC)c1)N1CCOCC1. The van der Waals surface area contributed by atoms with E-state index in [0.29, 0.717) is 36.0 Å². The lowest BCUT2D eigenvalue weighted by Crippen LogP contribution is -2.56. The van der Waals surface area contributed by atoms with Crippen LogP contribution in [0.5, 0.6) is 17.2 Å². The Balaban J connectivity index is 1.73. The highest BCUT2D eigenvalue weighted by Gasteiger charge is 2.32. The fraction of sp³-hybridized carbons (Fsp3) is 0.480. The van der Waals surface area contributed by atoms with Gasteiger partial charge in [-0.25, -0.2) is 0 Å². The third-order valence-electron chi connectivity index (χ3n) is 6.11. The molecule has 1 heterocycles. The molecule has 2 aromatic rings. The Labute approximate surface area is 190 Å². The van der Waals surface area contributed by atoms with Crippen LogP contribution in [0, 0.1) is 0 Å². The Morgan fingerprint density at radius 3 is 2.28 bits per heavy atom. The fourth-order valence-electron chi connectivity index (χ4n) is 3.82. The van der Waals surface area contributed by atoms with E-state index in [1.54, 1.807) is 26.4 Å². The summed E-state index contributed by atoms with van der Waals surface area (Å²) in [6.45, 7) is 8.43. The molecule has 1 saturated heterocycles. The van der Waals surface area contributed by atoms with E-state index < -0.39 is 0 Å². The third-order valence-corrected chi connectivity index (χ3v) is 6.11. The molecule has 0 aliphatic carbocycles. The van der Waals surface area contributed by atoms with Crippen LogP contribution in [0.1, 0.15) is 36.2 Å². The van der Waals surface area contributed by atoms with Gasteiger partial charge in [-0.1, -0.05) is 37.3 Å². The maximum Gasteiger partial charge on any atom is 0.251 e. The smallest absolute Gasteiger partial charge is 0.251 e. The van der Waals surface area contributed by atoms with Gasteiger partial charge in [-0.15, -0.1) is 0 Å². The van der Waals surface area contributed by atoms with Crippen LogP contribution in [-0.2, 0) is 11.3 Å². The lowest BCUT2D eigenvalue weighted by atomic mass is 9.95. The van der Waals surface area contributed by atoms with E-state index in [4.69, 9.17) is 18.9 Å². The second-order valence-electron chi connectivity index (χ2n) is 8.12. The zero-order valence-corrected chi connectivity index (χ0v) is 19.5. The summed E-state index contributed by atoms with van der Waals surface area (Å²) in [6, 6.07) is 13.2. The molecule has 1 N–H and O–H groups in total. The lowest BCUT2D eigenvalue weighted by molar-refractivity contribution is -0.0169. The fourth-order valence-corrected chi connectivity index (χ4v) is 3.82. The average Bonchev–Trinajstić information content (AvgIpc) is 2.86. The second kappa shape index (κ2) is 11.2. The van der Waals surface area contributed by atoms with E-state index in [2.05, 4.69) is 24.1 Å². The predicted molar refractivity (Wildman–Crippen MR) is 124 cm³/mol. The molecule has 0 unspecified atom stereocenters. The minimum absolute atomic E-state index is 0.133. The number of nitrogens with zero attached hydrogens (tertiary/aromatic N) is 1. The molecule has 174 valence electrons. The van der Waals surface area contributed by atoms with Crippen LogP contribution in [-0.4, -0.2) is 63.4 Å². The highest BCUT2D eigenvalue weighted by atomic mass is 16.5. The monoisotopic (exact) mass is 442 g/mol. The van der Waals surface area contributed by atoms with E-state index >= 15 is 0 Å². The summed E-state index contributed by atoms with van der Waals surface area (Å²) in [4.78, 5) is 15.4. The van der Waals surface area contributed by atoms with Crippen molar-refractivity contribution < 1.29 is 23.7 Å². The van der Waals surface area contributed by atoms with Crippen LogP contribution >= 0.6 is 0 Å². The summed E-state index contributed by atoms with van der Waals surface area (Å²) < 4.78 is 22.5. The molecule has 2 aromatic carbocycles. The molecule has 1 aliphatic heterocycles. The molecule has 0 aromatic heterocycles. The van der Waals surface area contributed by atoms with Crippen molar-refractivity contribution in [2.24, 2.45) is 0 Å². The Morgan fingerprint density at radius 1 is 1.09 bits per heavy atom. The molecule has 32 heavy (non-hydrogen) atoms. The van der Waals surface area contributed by atoms with Gasteiger partial charge in [0.15, 0.2) is 11.5 Å². The number of nitrogens with one attached hydrogen (secondary N) is 1. The number of amides is 1. The van der Waals surface area contributed by atoms with Crippen molar-refractivity contribution in [2.75, 3.05) is 47.1 Å². The van der Waals surface area contributed by atoms with Gasteiger partial charge in [-0.05, 0) is 31.0 Å². The van der Waals surface area contributed by atoms with Crippen molar-refractivity contribution in [3.05, 3.63) is 53.6 Å². The van der Waals surface area contributed by atoms with Crippen LogP contribution < -0.4 is 19.5 Å². The van der Waals surface area contributed by atoms with Crippen LogP contribution in [0.4, 0.5) is 0 Å². The summed E-state index contributed by atoms with van der Waals surface area (Å²) in [5, 5.41) is 3.09. The zero-order valence-electron chi connectivity index (χ0n) is 19.5. The van der Waals surface area contributed by atoms with Crippen molar-refractivity contribution >= 4 is 5.91 Å². The first kappa shape index (κ1) is 23.9. The molecule has 0 bridgehead atoms.